The molecule has 3 rings (SSSR count). The van der Waals surface area contributed by atoms with Gasteiger partial charge in [0.25, 0.3) is 0 Å². The van der Waals surface area contributed by atoms with Crippen molar-refractivity contribution in [3.8, 4) is 0 Å². The zero-order valence-electron chi connectivity index (χ0n) is 17.6. The summed E-state index contributed by atoms with van der Waals surface area (Å²) < 4.78 is 17.0. The summed E-state index contributed by atoms with van der Waals surface area (Å²) in [5.41, 5.74) is 0. The number of halogens is 1. The Morgan fingerprint density at radius 1 is 1.28 bits per heavy atom. The lowest BCUT2D eigenvalue weighted by molar-refractivity contribution is 0.0168. The Balaban J connectivity index is 0.00000300. The van der Waals surface area contributed by atoms with Gasteiger partial charge < -0.3 is 24.5 Å². The number of aliphatic imine (C=N–C) groups is 1. The third kappa shape index (κ3) is 8.43. The van der Waals surface area contributed by atoms with Crippen molar-refractivity contribution in [1.82, 2.24) is 15.5 Å². The van der Waals surface area contributed by atoms with E-state index in [4.69, 9.17) is 13.9 Å². The highest BCUT2D eigenvalue weighted by Gasteiger charge is 2.24. The van der Waals surface area contributed by atoms with E-state index >= 15 is 0 Å². The number of furan rings is 1. The first-order chi connectivity index (χ1) is 13.9. The molecule has 1 aromatic rings. The molecular weight excluding hydrogens is 483 g/mol. The van der Waals surface area contributed by atoms with Gasteiger partial charge in [-0.15, -0.1) is 24.0 Å². The first kappa shape index (κ1) is 24.4. The van der Waals surface area contributed by atoms with Gasteiger partial charge in [0.1, 0.15) is 5.76 Å². The van der Waals surface area contributed by atoms with Gasteiger partial charge in [0.05, 0.1) is 25.0 Å². The second-order valence-electron chi connectivity index (χ2n) is 7.57. The van der Waals surface area contributed by atoms with Crippen LogP contribution in [0.4, 0.5) is 0 Å². The number of nitrogens with zero attached hydrogens (tertiary/aromatic N) is 2. The van der Waals surface area contributed by atoms with Gasteiger partial charge >= 0.3 is 0 Å². The molecule has 2 aliphatic heterocycles. The summed E-state index contributed by atoms with van der Waals surface area (Å²) in [5, 5.41) is 6.85. The van der Waals surface area contributed by atoms with Gasteiger partial charge in [-0.05, 0) is 57.3 Å². The van der Waals surface area contributed by atoms with Crippen molar-refractivity contribution in [1.29, 1.82) is 0 Å². The van der Waals surface area contributed by atoms with E-state index in [1.807, 2.05) is 13.1 Å². The maximum absolute atomic E-state index is 5.72. The molecule has 166 valence electrons. The number of hydrogen-bond donors (Lipinski definition) is 2. The van der Waals surface area contributed by atoms with Crippen molar-refractivity contribution in [2.75, 3.05) is 53.0 Å². The number of nitrogens with one attached hydrogen (secondary N) is 2. The average Bonchev–Trinajstić information content (AvgIpc) is 3.44. The van der Waals surface area contributed by atoms with E-state index in [-0.39, 0.29) is 30.0 Å². The zero-order valence-corrected chi connectivity index (χ0v) is 19.9. The number of hydrogen-bond acceptors (Lipinski definition) is 5. The highest BCUT2D eigenvalue weighted by Crippen LogP contribution is 2.24. The van der Waals surface area contributed by atoms with Crippen LogP contribution in [0.15, 0.2) is 27.8 Å². The van der Waals surface area contributed by atoms with E-state index in [1.54, 1.807) is 6.26 Å². The minimum atomic E-state index is 0. The average molecular weight is 520 g/mol. The Bertz CT molecular complexity index is 558. The maximum atomic E-state index is 5.72. The summed E-state index contributed by atoms with van der Waals surface area (Å²) in [5.74, 6) is 1.85. The van der Waals surface area contributed by atoms with E-state index in [2.05, 4.69) is 26.6 Å². The van der Waals surface area contributed by atoms with Crippen LogP contribution in [0.5, 0.6) is 0 Å². The van der Waals surface area contributed by atoms with Crippen molar-refractivity contribution >= 4 is 29.9 Å². The van der Waals surface area contributed by atoms with E-state index in [0.717, 1.165) is 70.4 Å². The molecule has 0 amide bonds. The fourth-order valence-corrected chi connectivity index (χ4v) is 3.91. The van der Waals surface area contributed by atoms with Gasteiger partial charge in [-0.3, -0.25) is 9.89 Å². The molecule has 2 unspecified atom stereocenters. The van der Waals surface area contributed by atoms with Crippen molar-refractivity contribution in [3.05, 3.63) is 24.2 Å². The van der Waals surface area contributed by atoms with Crippen LogP contribution in [0.25, 0.3) is 0 Å². The summed E-state index contributed by atoms with van der Waals surface area (Å²) in [6.07, 6.45) is 9.14. The molecule has 0 spiro atoms. The second kappa shape index (κ2) is 14.2. The number of likely N-dealkylation sites (tertiary alicyclic amines) is 1. The molecular formula is C21H37IN4O3. The first-order valence-corrected chi connectivity index (χ1v) is 10.8. The minimum Gasteiger partial charge on any atom is -0.468 e. The van der Waals surface area contributed by atoms with E-state index in [9.17, 15) is 0 Å². The number of guanidine groups is 1. The quantitative estimate of drug-likeness (QED) is 0.214. The Labute approximate surface area is 192 Å². The lowest BCUT2D eigenvalue weighted by atomic mass is 10.1. The van der Waals surface area contributed by atoms with Crippen molar-refractivity contribution in [2.24, 2.45) is 4.99 Å². The molecule has 0 aromatic carbocycles. The molecule has 8 heteroatoms. The van der Waals surface area contributed by atoms with Gasteiger partial charge in [0.15, 0.2) is 5.96 Å². The normalized spacial score (nSPS) is 21.6. The molecule has 2 N–H and O–H groups in total. The minimum absolute atomic E-state index is 0. The Hall–Kier alpha value is -0.840. The molecule has 3 heterocycles. The fraction of sp³-hybridized carbons (Fsp3) is 0.762. The maximum Gasteiger partial charge on any atom is 0.191 e. The van der Waals surface area contributed by atoms with Crippen molar-refractivity contribution in [2.45, 2.75) is 50.7 Å². The van der Waals surface area contributed by atoms with Crippen LogP contribution in [-0.2, 0) is 9.47 Å². The summed E-state index contributed by atoms with van der Waals surface area (Å²) in [4.78, 5) is 6.87. The molecule has 29 heavy (non-hydrogen) atoms. The summed E-state index contributed by atoms with van der Waals surface area (Å²) in [6, 6.07) is 4.28. The monoisotopic (exact) mass is 520 g/mol. The summed E-state index contributed by atoms with van der Waals surface area (Å²) in [6.45, 7) is 6.21. The Morgan fingerprint density at radius 2 is 2.14 bits per heavy atom. The largest absolute Gasteiger partial charge is 0.468 e. The highest BCUT2D eigenvalue weighted by atomic mass is 127. The molecule has 2 aliphatic rings. The standard InChI is InChI=1S/C21H36N4O3.HI/c1-22-21(23-10-7-13-26-17-18-8-5-14-27-18)24-16-19(20-9-6-15-28-20)25-11-3-2-4-12-25;/h6,9,15,18-19H,2-5,7-8,10-14,16-17H2,1H3,(H2,22,23,24);1H. The summed E-state index contributed by atoms with van der Waals surface area (Å²) >= 11 is 0. The van der Waals surface area contributed by atoms with E-state index < -0.39 is 0 Å². The van der Waals surface area contributed by atoms with Crippen molar-refractivity contribution < 1.29 is 13.9 Å². The number of ether oxygens (including phenoxy) is 2. The van der Waals surface area contributed by atoms with E-state index in [0.29, 0.717) is 12.7 Å². The Kier molecular flexibility index (Phi) is 12.0. The number of rotatable bonds is 10. The lowest BCUT2D eigenvalue weighted by Gasteiger charge is -2.33. The fourth-order valence-electron chi connectivity index (χ4n) is 3.91. The van der Waals surface area contributed by atoms with Crippen LogP contribution in [0.2, 0.25) is 0 Å². The van der Waals surface area contributed by atoms with Crippen LogP contribution < -0.4 is 10.6 Å². The van der Waals surface area contributed by atoms with Crippen LogP contribution in [-0.4, -0.2) is 70.0 Å². The predicted octanol–water partition coefficient (Wildman–Crippen LogP) is 3.18. The smallest absolute Gasteiger partial charge is 0.191 e. The van der Waals surface area contributed by atoms with Gasteiger partial charge in [-0.1, -0.05) is 6.42 Å². The lowest BCUT2D eigenvalue weighted by Crippen LogP contribution is -2.44. The first-order valence-electron chi connectivity index (χ1n) is 10.8. The van der Waals surface area contributed by atoms with Crippen LogP contribution >= 0.6 is 24.0 Å². The SMILES string of the molecule is CN=C(NCCCOCC1CCCO1)NCC(c1ccco1)N1CCCCC1.I. The van der Waals surface area contributed by atoms with Gasteiger partial charge in [0.2, 0.25) is 0 Å². The van der Waals surface area contributed by atoms with E-state index in [1.165, 1.54) is 19.3 Å². The predicted molar refractivity (Wildman–Crippen MR) is 126 cm³/mol. The van der Waals surface area contributed by atoms with Gasteiger partial charge in [-0.25, -0.2) is 0 Å². The molecule has 0 bridgehead atoms. The highest BCUT2D eigenvalue weighted by molar-refractivity contribution is 14.0. The summed E-state index contributed by atoms with van der Waals surface area (Å²) in [7, 11) is 1.81. The molecule has 7 nitrogen and oxygen atoms in total. The molecule has 0 saturated carbocycles. The van der Waals surface area contributed by atoms with Crippen LogP contribution in [0.1, 0.15) is 50.3 Å². The molecule has 2 fully saturated rings. The Morgan fingerprint density at radius 3 is 2.83 bits per heavy atom. The molecule has 2 saturated heterocycles. The topological polar surface area (TPSA) is 71.3 Å². The third-order valence-electron chi connectivity index (χ3n) is 5.48. The van der Waals surface area contributed by atoms with Gasteiger partial charge in [0, 0.05) is 33.4 Å². The van der Waals surface area contributed by atoms with Gasteiger partial charge in [-0.2, -0.15) is 0 Å². The third-order valence-corrected chi connectivity index (χ3v) is 5.48. The van der Waals surface area contributed by atoms with Crippen LogP contribution in [0.3, 0.4) is 0 Å². The van der Waals surface area contributed by atoms with Crippen molar-refractivity contribution in [3.63, 3.8) is 0 Å². The van der Waals surface area contributed by atoms with Crippen LogP contribution in [0, 0.1) is 0 Å². The molecule has 2 atom stereocenters. The molecule has 1 aromatic heterocycles. The zero-order chi connectivity index (χ0) is 19.4. The second-order valence-corrected chi connectivity index (χ2v) is 7.57. The molecule has 0 aliphatic carbocycles. The molecule has 0 radical (unpaired) electrons. The number of piperidine rings is 1.